The van der Waals surface area contributed by atoms with Crippen molar-refractivity contribution in [1.29, 1.82) is 0 Å². The third-order valence-corrected chi connectivity index (χ3v) is 12.5. The molecule has 0 radical (unpaired) electrons. The minimum Gasteiger partial charge on any atom is -0.726 e. The van der Waals surface area contributed by atoms with E-state index in [4.69, 9.17) is 0 Å². The van der Waals surface area contributed by atoms with Gasteiger partial charge in [-0.2, -0.15) is 0 Å². The molecule has 0 heterocycles. The van der Waals surface area contributed by atoms with Crippen molar-refractivity contribution < 1.29 is 82.1 Å². The molecule has 0 aliphatic heterocycles. The minimum absolute atomic E-state index is 0. The van der Waals surface area contributed by atoms with Gasteiger partial charge < -0.3 is 35.2 Å². The maximum Gasteiger partial charge on any atom is 1.00 e. The Kier molecular flexibility index (Phi) is 10.7. The Hall–Kier alpha value is 0.300. The van der Waals surface area contributed by atoms with Crippen molar-refractivity contribution in [1.82, 2.24) is 0 Å². The van der Waals surface area contributed by atoms with Gasteiger partial charge in [-0.15, -0.1) is 0 Å². The Morgan fingerprint density at radius 3 is 2.02 bits per heavy atom. The van der Waals surface area contributed by atoms with E-state index < -0.39 is 93.5 Å². The largest absolute Gasteiger partial charge is 1.00 e. The van der Waals surface area contributed by atoms with Crippen LogP contribution in [0.25, 0.3) is 0 Å². The monoisotopic (exact) mass is 614 g/mol. The minimum atomic E-state index is -5.21. The van der Waals surface area contributed by atoms with E-state index in [0.717, 1.165) is 0 Å². The summed E-state index contributed by atoms with van der Waals surface area (Å²) in [5, 5.41) is 66.4. The van der Waals surface area contributed by atoms with Crippen LogP contribution >= 0.6 is 0 Å². The summed E-state index contributed by atoms with van der Waals surface area (Å²) in [6.45, 7) is 11.3. The van der Waals surface area contributed by atoms with Crippen molar-refractivity contribution in [2.75, 3.05) is 0 Å². The van der Waals surface area contributed by atoms with E-state index in [0.29, 0.717) is 12.8 Å². The average Bonchev–Trinajstić information content (AvgIpc) is 3.12. The molecule has 11 nitrogen and oxygen atoms in total. The first-order valence-corrected chi connectivity index (χ1v) is 15.9. The number of Topliss-reactive ketones (excluding diaryl/α,β-unsaturated/α-hetero) is 1. The average molecular weight is 615 g/mol. The third kappa shape index (κ3) is 5.88. The molecular weight excluding hydrogens is 567 g/mol. The van der Waals surface area contributed by atoms with Crippen molar-refractivity contribution in [3.8, 4) is 0 Å². The van der Waals surface area contributed by atoms with Crippen LogP contribution in [0.2, 0.25) is 0 Å². The number of aliphatic hydroxyl groups excluding tert-OH is 6. The van der Waals surface area contributed by atoms with Gasteiger partial charge in [0, 0.05) is 24.2 Å². The molecule has 41 heavy (non-hydrogen) atoms. The Balaban J connectivity index is 0.00000462. The summed E-state index contributed by atoms with van der Waals surface area (Å²) in [6, 6.07) is 0. The van der Waals surface area contributed by atoms with Gasteiger partial charge in [-0.1, -0.05) is 41.5 Å². The molecule has 4 fully saturated rings. The standard InChI is InChI=1S/C28H48O11S.Na/c1-11(2)12(3)21(30)22(31)13(4)15-9-16(29)19-18-14(7-8-27(15,19)5)28(6)10-17(39-40(36,37)38)23(32)25(34)20(28)26(35)24(18)33;/h11-15,17-26,30-35H,7-10H2,1-6H3,(H,36,37,38);/q;+1/p-1/t12-,13-,14-,15+,17-,18+,19-,20+,21+,22+,23+,24+,25-,26+,27+,28+;/m0./s1. The van der Waals surface area contributed by atoms with E-state index in [9.17, 15) is 48.4 Å². The molecule has 0 aromatic heterocycles. The second-order valence-electron chi connectivity index (χ2n) is 14.2. The first-order valence-electron chi connectivity index (χ1n) is 14.5. The van der Waals surface area contributed by atoms with Gasteiger partial charge in [0.05, 0.1) is 30.5 Å². The summed E-state index contributed by atoms with van der Waals surface area (Å²) in [7, 11) is -5.21. The summed E-state index contributed by atoms with van der Waals surface area (Å²) < 4.78 is 38.8. The molecule has 0 unspecified atom stereocenters. The Bertz CT molecular complexity index is 1070. The number of ketones is 1. The van der Waals surface area contributed by atoms with Crippen LogP contribution in [0.15, 0.2) is 0 Å². The van der Waals surface area contributed by atoms with E-state index in [1.807, 2.05) is 34.6 Å². The van der Waals surface area contributed by atoms with E-state index in [-0.39, 0.29) is 65.9 Å². The molecule has 0 spiro atoms. The van der Waals surface area contributed by atoms with Crippen molar-refractivity contribution in [2.24, 2.45) is 58.2 Å². The van der Waals surface area contributed by atoms with Crippen LogP contribution in [0.4, 0.5) is 0 Å². The van der Waals surface area contributed by atoms with Crippen LogP contribution in [0.5, 0.6) is 0 Å². The number of carbonyl (C=O) groups is 1. The summed E-state index contributed by atoms with van der Waals surface area (Å²) in [6.07, 6.45) is -8.97. The van der Waals surface area contributed by atoms with Crippen LogP contribution in [0, 0.1) is 58.2 Å². The summed E-state index contributed by atoms with van der Waals surface area (Å²) >= 11 is 0. The van der Waals surface area contributed by atoms with Crippen molar-refractivity contribution in [2.45, 2.75) is 110 Å². The SMILES string of the molecule is CC(C)[C@H](C)[C@@H](O)[C@H](O)[C@@H](C)[C@H]1CC(=O)[C@H]2[C@@H]3[C@@H](O)[C@H](O)[C@H]4[C@H](O)[C@H](O)[C@@H](OS(=O)(=O)[O-])C[C@]4(C)[C@H]3CC[C@]12C.[Na+]. The van der Waals surface area contributed by atoms with E-state index in [1.54, 1.807) is 6.92 Å². The number of hydrogen-bond acceptors (Lipinski definition) is 11. The fourth-order valence-corrected chi connectivity index (χ4v) is 9.98. The maximum atomic E-state index is 13.7. The van der Waals surface area contributed by atoms with Gasteiger partial charge in [-0.25, -0.2) is 8.42 Å². The number of fused-ring (bicyclic) bond motifs is 5. The summed E-state index contributed by atoms with van der Waals surface area (Å²) in [5.74, 6) is -3.75. The Labute approximate surface area is 265 Å². The van der Waals surface area contributed by atoms with Gasteiger partial charge in [0.2, 0.25) is 10.4 Å². The zero-order valence-electron chi connectivity index (χ0n) is 25.1. The number of aliphatic hydroxyl groups is 6. The number of hydrogen-bond donors (Lipinski definition) is 6. The number of rotatable bonds is 7. The van der Waals surface area contributed by atoms with E-state index in [2.05, 4.69) is 4.18 Å². The van der Waals surface area contributed by atoms with Gasteiger partial charge in [0.1, 0.15) is 18.0 Å². The van der Waals surface area contributed by atoms with Crippen molar-refractivity contribution >= 4 is 16.2 Å². The molecule has 0 aromatic rings. The van der Waals surface area contributed by atoms with Crippen LogP contribution in [0.3, 0.4) is 0 Å². The fourth-order valence-electron chi connectivity index (χ4n) is 9.49. The first-order chi connectivity index (χ1) is 18.3. The fraction of sp³-hybridized carbons (Fsp3) is 0.964. The molecule has 0 bridgehead atoms. The molecule has 0 amide bonds. The first kappa shape index (κ1) is 35.8. The predicted molar refractivity (Wildman–Crippen MR) is 141 cm³/mol. The topological polar surface area (TPSA) is 205 Å². The molecule has 6 N–H and O–H groups in total. The summed E-state index contributed by atoms with van der Waals surface area (Å²) in [5.41, 5.74) is -1.71. The molecule has 0 saturated heterocycles. The molecule has 4 saturated carbocycles. The van der Waals surface area contributed by atoms with Gasteiger partial charge >= 0.3 is 29.6 Å². The van der Waals surface area contributed by atoms with Crippen LogP contribution in [0.1, 0.15) is 67.2 Å². The normalized spacial score (nSPS) is 47.4. The summed E-state index contributed by atoms with van der Waals surface area (Å²) in [4.78, 5) is 13.7. The van der Waals surface area contributed by atoms with E-state index >= 15 is 0 Å². The number of carbonyl (C=O) groups excluding carboxylic acids is 1. The van der Waals surface area contributed by atoms with Gasteiger partial charge in [0.25, 0.3) is 0 Å². The van der Waals surface area contributed by atoms with Crippen molar-refractivity contribution in [3.63, 3.8) is 0 Å². The van der Waals surface area contributed by atoms with Gasteiger partial charge in [0.15, 0.2) is 0 Å². The van der Waals surface area contributed by atoms with Crippen molar-refractivity contribution in [3.05, 3.63) is 0 Å². The zero-order valence-corrected chi connectivity index (χ0v) is 27.9. The quantitative estimate of drug-likeness (QED) is 0.0982. The molecule has 0 aromatic carbocycles. The van der Waals surface area contributed by atoms with Crippen LogP contribution < -0.4 is 29.6 Å². The Morgan fingerprint density at radius 2 is 1.49 bits per heavy atom. The maximum absolute atomic E-state index is 13.7. The molecular formula is C28H47NaO11S. The van der Waals surface area contributed by atoms with Crippen LogP contribution in [-0.2, 0) is 19.4 Å². The Morgan fingerprint density at radius 1 is 0.927 bits per heavy atom. The second-order valence-corrected chi connectivity index (χ2v) is 15.2. The third-order valence-electron chi connectivity index (χ3n) is 12.0. The molecule has 232 valence electrons. The van der Waals surface area contributed by atoms with Gasteiger partial charge in [-0.05, 0) is 59.7 Å². The molecule has 13 heteroatoms. The second kappa shape index (κ2) is 12.2. The molecule has 4 aliphatic rings. The van der Waals surface area contributed by atoms with Gasteiger partial charge in [-0.3, -0.25) is 8.98 Å². The van der Waals surface area contributed by atoms with E-state index in [1.165, 1.54) is 0 Å². The molecule has 4 aliphatic carbocycles. The predicted octanol–water partition coefficient (Wildman–Crippen LogP) is -2.79. The molecule has 4 rings (SSSR count). The van der Waals surface area contributed by atoms with Crippen LogP contribution in [-0.4, -0.2) is 92.1 Å². The smallest absolute Gasteiger partial charge is 0.726 e. The molecule has 16 atom stereocenters. The zero-order chi connectivity index (χ0) is 30.3.